The van der Waals surface area contributed by atoms with Crippen LogP contribution in [0.5, 0.6) is 0 Å². The minimum absolute atomic E-state index is 0.192. The van der Waals surface area contributed by atoms with E-state index in [0.29, 0.717) is 27.4 Å². The number of thiophene rings is 1. The third-order valence-electron chi connectivity index (χ3n) is 4.32. The van der Waals surface area contributed by atoms with Gasteiger partial charge >= 0.3 is 0 Å². The highest BCUT2D eigenvalue weighted by atomic mass is 32.1. The highest BCUT2D eigenvalue weighted by molar-refractivity contribution is 7.12. The number of furan rings is 1. The molecule has 29 heavy (non-hydrogen) atoms. The number of fused-ring (bicyclic) bond motifs is 1. The van der Waals surface area contributed by atoms with E-state index in [9.17, 15) is 9.59 Å². The third kappa shape index (κ3) is 4.06. The summed E-state index contributed by atoms with van der Waals surface area (Å²) in [5.41, 5.74) is 2.45. The zero-order valence-electron chi connectivity index (χ0n) is 15.6. The molecule has 7 heteroatoms. The SMILES string of the molecule is COCc1c(C(=O)Nc2cccc(NC(=O)c3cccs3)c2)oc2ccccc12. The van der Waals surface area contributed by atoms with Gasteiger partial charge < -0.3 is 19.8 Å². The van der Waals surface area contributed by atoms with Crippen molar-refractivity contribution in [3.05, 3.63) is 82.2 Å². The second kappa shape index (κ2) is 8.30. The number of ether oxygens (including phenoxy) is 1. The molecule has 0 fully saturated rings. The number of nitrogens with one attached hydrogen (secondary N) is 2. The summed E-state index contributed by atoms with van der Waals surface area (Å²) in [7, 11) is 1.57. The van der Waals surface area contributed by atoms with Gasteiger partial charge in [0, 0.05) is 29.4 Å². The Bertz CT molecular complexity index is 1160. The molecule has 4 rings (SSSR count). The molecule has 0 aliphatic heterocycles. The highest BCUT2D eigenvalue weighted by Gasteiger charge is 2.20. The fraction of sp³-hybridized carbons (Fsp3) is 0.0909. The van der Waals surface area contributed by atoms with Crippen LogP contribution in [0, 0.1) is 0 Å². The number of hydrogen-bond acceptors (Lipinski definition) is 5. The highest BCUT2D eigenvalue weighted by Crippen LogP contribution is 2.27. The van der Waals surface area contributed by atoms with Crippen molar-refractivity contribution in [3.8, 4) is 0 Å². The van der Waals surface area contributed by atoms with Gasteiger partial charge in [0.1, 0.15) is 5.58 Å². The summed E-state index contributed by atoms with van der Waals surface area (Å²) in [6.45, 7) is 0.261. The van der Waals surface area contributed by atoms with Gasteiger partial charge in [-0.25, -0.2) is 0 Å². The molecule has 2 aromatic heterocycles. The Morgan fingerprint density at radius 2 is 1.72 bits per heavy atom. The summed E-state index contributed by atoms with van der Waals surface area (Å²) in [5, 5.41) is 8.34. The molecule has 0 aliphatic carbocycles. The number of carbonyl (C=O) groups is 2. The van der Waals surface area contributed by atoms with E-state index >= 15 is 0 Å². The predicted octanol–water partition coefficient (Wildman–Crippen LogP) is 5.15. The molecule has 0 saturated carbocycles. The maximum Gasteiger partial charge on any atom is 0.291 e. The van der Waals surface area contributed by atoms with Crippen molar-refractivity contribution in [2.45, 2.75) is 6.61 Å². The van der Waals surface area contributed by atoms with Gasteiger partial charge in [-0.2, -0.15) is 0 Å². The van der Waals surface area contributed by atoms with E-state index in [1.165, 1.54) is 11.3 Å². The molecule has 2 amide bonds. The lowest BCUT2D eigenvalue weighted by Crippen LogP contribution is -2.14. The number of carbonyl (C=O) groups excluding carboxylic acids is 2. The first kappa shape index (κ1) is 18.9. The van der Waals surface area contributed by atoms with E-state index in [4.69, 9.17) is 9.15 Å². The Kier molecular flexibility index (Phi) is 5.41. The van der Waals surface area contributed by atoms with Gasteiger partial charge in [0.15, 0.2) is 5.76 Å². The van der Waals surface area contributed by atoms with Gasteiger partial charge in [0.05, 0.1) is 11.5 Å². The lowest BCUT2D eigenvalue weighted by atomic mass is 10.1. The van der Waals surface area contributed by atoms with Crippen molar-refractivity contribution in [1.82, 2.24) is 0 Å². The van der Waals surface area contributed by atoms with Crippen molar-refractivity contribution in [2.24, 2.45) is 0 Å². The lowest BCUT2D eigenvalue weighted by Gasteiger charge is -2.08. The molecule has 2 aromatic carbocycles. The number of para-hydroxylation sites is 1. The zero-order valence-corrected chi connectivity index (χ0v) is 16.4. The molecular weight excluding hydrogens is 388 g/mol. The molecule has 0 radical (unpaired) electrons. The normalized spacial score (nSPS) is 10.8. The van der Waals surface area contributed by atoms with E-state index in [1.807, 2.05) is 35.7 Å². The molecule has 4 aromatic rings. The second-order valence-corrected chi connectivity index (χ2v) is 7.25. The van der Waals surface area contributed by atoms with Gasteiger partial charge in [-0.1, -0.05) is 30.3 Å². The lowest BCUT2D eigenvalue weighted by molar-refractivity contribution is 0.0991. The zero-order chi connectivity index (χ0) is 20.2. The second-order valence-electron chi connectivity index (χ2n) is 6.31. The number of anilines is 2. The van der Waals surface area contributed by atoms with Gasteiger partial charge in [-0.15, -0.1) is 11.3 Å². The fourth-order valence-electron chi connectivity index (χ4n) is 3.03. The topological polar surface area (TPSA) is 80.6 Å². The van der Waals surface area contributed by atoms with Crippen LogP contribution in [-0.2, 0) is 11.3 Å². The third-order valence-corrected chi connectivity index (χ3v) is 5.19. The van der Waals surface area contributed by atoms with Crippen molar-refractivity contribution in [2.75, 3.05) is 17.7 Å². The number of rotatable bonds is 6. The van der Waals surface area contributed by atoms with Crippen LogP contribution in [0.2, 0.25) is 0 Å². The summed E-state index contributed by atoms with van der Waals surface area (Å²) in [5.74, 6) is -0.362. The minimum atomic E-state index is -0.380. The molecule has 0 spiro atoms. The molecule has 0 saturated heterocycles. The van der Waals surface area contributed by atoms with Crippen LogP contribution in [-0.4, -0.2) is 18.9 Å². The van der Waals surface area contributed by atoms with Crippen molar-refractivity contribution < 1.29 is 18.7 Å². The van der Waals surface area contributed by atoms with Gasteiger partial charge in [-0.3, -0.25) is 9.59 Å². The van der Waals surface area contributed by atoms with Gasteiger partial charge in [-0.05, 0) is 35.7 Å². The fourth-order valence-corrected chi connectivity index (χ4v) is 3.65. The minimum Gasteiger partial charge on any atom is -0.451 e. The van der Waals surface area contributed by atoms with Crippen molar-refractivity contribution in [1.29, 1.82) is 0 Å². The standard InChI is InChI=1S/C22H18N2O4S/c1-27-13-17-16-8-2-3-9-18(16)28-20(17)22(26)24-15-7-4-6-14(12-15)23-21(25)19-10-5-11-29-19/h2-12H,13H2,1H3,(H,23,25)(H,24,26). The first-order valence-electron chi connectivity index (χ1n) is 8.91. The van der Waals surface area contributed by atoms with Crippen molar-refractivity contribution in [3.63, 3.8) is 0 Å². The molecule has 0 atom stereocenters. The molecule has 0 aliphatic rings. The Hall–Kier alpha value is -3.42. The largest absolute Gasteiger partial charge is 0.451 e. The molecule has 0 bridgehead atoms. The average molecular weight is 406 g/mol. The molecule has 2 heterocycles. The summed E-state index contributed by atoms with van der Waals surface area (Å²) >= 11 is 1.36. The molecule has 6 nitrogen and oxygen atoms in total. The predicted molar refractivity (Wildman–Crippen MR) is 114 cm³/mol. The number of benzene rings is 2. The van der Waals surface area contributed by atoms with E-state index in [0.717, 1.165) is 5.39 Å². The number of amides is 2. The van der Waals surface area contributed by atoms with Crippen LogP contribution in [0.15, 0.2) is 70.5 Å². The maximum atomic E-state index is 12.9. The van der Waals surface area contributed by atoms with E-state index < -0.39 is 0 Å². The number of hydrogen-bond donors (Lipinski definition) is 2. The Morgan fingerprint density at radius 1 is 0.966 bits per heavy atom. The molecule has 0 unspecified atom stereocenters. The maximum absolute atomic E-state index is 12.9. The van der Waals surface area contributed by atoms with Gasteiger partial charge in [0.25, 0.3) is 11.8 Å². The summed E-state index contributed by atoms with van der Waals surface area (Å²) in [6, 6.07) is 18.0. The molecular formula is C22H18N2O4S. The number of methoxy groups -OCH3 is 1. The van der Waals surface area contributed by atoms with Crippen LogP contribution in [0.1, 0.15) is 25.8 Å². The molecule has 146 valence electrons. The van der Waals surface area contributed by atoms with Crippen LogP contribution in [0.25, 0.3) is 11.0 Å². The first-order valence-corrected chi connectivity index (χ1v) is 9.79. The monoisotopic (exact) mass is 406 g/mol. The van der Waals surface area contributed by atoms with E-state index in [-0.39, 0.29) is 24.2 Å². The van der Waals surface area contributed by atoms with Crippen LogP contribution in [0.3, 0.4) is 0 Å². The first-order chi connectivity index (χ1) is 14.2. The average Bonchev–Trinajstić information content (AvgIpc) is 3.37. The Balaban J connectivity index is 1.55. The van der Waals surface area contributed by atoms with Crippen LogP contribution >= 0.6 is 11.3 Å². The summed E-state index contributed by atoms with van der Waals surface area (Å²) < 4.78 is 11.0. The van der Waals surface area contributed by atoms with E-state index in [1.54, 1.807) is 37.4 Å². The molecule has 2 N–H and O–H groups in total. The van der Waals surface area contributed by atoms with Gasteiger partial charge in [0.2, 0.25) is 0 Å². The summed E-state index contributed by atoms with van der Waals surface area (Å²) in [6.07, 6.45) is 0. The van der Waals surface area contributed by atoms with Crippen molar-refractivity contribution >= 4 is 45.5 Å². The van der Waals surface area contributed by atoms with E-state index in [2.05, 4.69) is 10.6 Å². The van der Waals surface area contributed by atoms with Crippen LogP contribution in [0.4, 0.5) is 11.4 Å². The summed E-state index contributed by atoms with van der Waals surface area (Å²) in [4.78, 5) is 25.7. The smallest absolute Gasteiger partial charge is 0.291 e. The Labute approximate surface area is 171 Å². The van der Waals surface area contributed by atoms with Crippen LogP contribution < -0.4 is 10.6 Å². The Morgan fingerprint density at radius 3 is 2.45 bits per heavy atom. The quantitative estimate of drug-likeness (QED) is 0.464.